The van der Waals surface area contributed by atoms with E-state index in [0.29, 0.717) is 30.3 Å². The SMILES string of the molecule is CCNC(=NCc1ccc(N(CC)CC)c(F)c1)NCc1ccc(C(=O)N(C)C)cc1.I. The Morgan fingerprint density at radius 1 is 0.969 bits per heavy atom. The first-order chi connectivity index (χ1) is 14.9. The maximum Gasteiger partial charge on any atom is 0.253 e. The van der Waals surface area contributed by atoms with E-state index >= 15 is 0 Å². The van der Waals surface area contributed by atoms with Crippen molar-refractivity contribution < 1.29 is 9.18 Å². The summed E-state index contributed by atoms with van der Waals surface area (Å²) in [6.07, 6.45) is 0. The average Bonchev–Trinajstić information content (AvgIpc) is 2.77. The van der Waals surface area contributed by atoms with E-state index in [4.69, 9.17) is 0 Å². The van der Waals surface area contributed by atoms with Gasteiger partial charge in [0.2, 0.25) is 0 Å². The first-order valence-corrected chi connectivity index (χ1v) is 10.8. The predicted molar refractivity (Wildman–Crippen MR) is 141 cm³/mol. The molecule has 2 aromatic rings. The zero-order valence-electron chi connectivity index (χ0n) is 19.6. The Morgan fingerprint density at radius 3 is 2.12 bits per heavy atom. The van der Waals surface area contributed by atoms with E-state index in [1.807, 2.05) is 62.1 Å². The molecular weight excluding hydrogens is 520 g/mol. The molecule has 0 aliphatic rings. The van der Waals surface area contributed by atoms with Crippen molar-refractivity contribution in [2.24, 2.45) is 4.99 Å². The smallest absolute Gasteiger partial charge is 0.253 e. The third-order valence-corrected chi connectivity index (χ3v) is 4.95. The fourth-order valence-corrected chi connectivity index (χ4v) is 3.19. The Kier molecular flexibility index (Phi) is 12.0. The number of hydrogen-bond donors (Lipinski definition) is 2. The lowest BCUT2D eigenvalue weighted by Crippen LogP contribution is -2.36. The van der Waals surface area contributed by atoms with Crippen molar-refractivity contribution in [2.75, 3.05) is 38.6 Å². The van der Waals surface area contributed by atoms with Gasteiger partial charge in [0.25, 0.3) is 5.91 Å². The van der Waals surface area contributed by atoms with Gasteiger partial charge in [-0.15, -0.1) is 24.0 Å². The van der Waals surface area contributed by atoms with E-state index in [0.717, 1.165) is 30.8 Å². The summed E-state index contributed by atoms with van der Waals surface area (Å²) in [7, 11) is 3.47. The molecule has 0 atom stereocenters. The lowest BCUT2D eigenvalue weighted by Gasteiger charge is -2.21. The minimum Gasteiger partial charge on any atom is -0.370 e. The molecule has 2 aromatic carbocycles. The van der Waals surface area contributed by atoms with Crippen molar-refractivity contribution >= 4 is 41.5 Å². The Balaban J connectivity index is 0.00000512. The van der Waals surface area contributed by atoms with Crippen LogP contribution in [0, 0.1) is 5.82 Å². The fraction of sp³-hybridized carbons (Fsp3) is 0.417. The number of nitrogens with one attached hydrogen (secondary N) is 2. The molecule has 0 fully saturated rings. The van der Waals surface area contributed by atoms with Gasteiger partial charge in [-0.3, -0.25) is 4.79 Å². The quantitative estimate of drug-likeness (QED) is 0.276. The van der Waals surface area contributed by atoms with Crippen LogP contribution in [0.25, 0.3) is 0 Å². The second-order valence-electron chi connectivity index (χ2n) is 7.40. The summed E-state index contributed by atoms with van der Waals surface area (Å²) in [6.45, 7) is 9.23. The van der Waals surface area contributed by atoms with Gasteiger partial charge in [-0.05, 0) is 56.2 Å². The molecule has 0 heterocycles. The van der Waals surface area contributed by atoms with E-state index in [-0.39, 0.29) is 35.7 Å². The van der Waals surface area contributed by atoms with E-state index in [1.165, 1.54) is 0 Å². The summed E-state index contributed by atoms with van der Waals surface area (Å²) < 4.78 is 14.5. The number of rotatable bonds is 9. The lowest BCUT2D eigenvalue weighted by molar-refractivity contribution is 0.0827. The first kappa shape index (κ1) is 27.7. The minimum atomic E-state index is -0.221. The number of carbonyl (C=O) groups is 1. The second-order valence-corrected chi connectivity index (χ2v) is 7.40. The molecule has 0 saturated carbocycles. The predicted octanol–water partition coefficient (Wildman–Crippen LogP) is 4.25. The molecule has 0 aromatic heterocycles. The number of carbonyl (C=O) groups excluding carboxylic acids is 1. The molecule has 0 radical (unpaired) electrons. The molecule has 0 bridgehead atoms. The Labute approximate surface area is 208 Å². The second kappa shape index (κ2) is 13.9. The Morgan fingerprint density at radius 2 is 1.59 bits per heavy atom. The highest BCUT2D eigenvalue weighted by Gasteiger charge is 2.10. The minimum absolute atomic E-state index is 0. The number of aliphatic imine (C=N–C) groups is 1. The van der Waals surface area contributed by atoms with E-state index < -0.39 is 0 Å². The van der Waals surface area contributed by atoms with Crippen LogP contribution in [0.1, 0.15) is 42.3 Å². The maximum absolute atomic E-state index is 14.5. The fourth-order valence-electron chi connectivity index (χ4n) is 3.19. The summed E-state index contributed by atoms with van der Waals surface area (Å²) in [5, 5.41) is 6.49. The standard InChI is InChI=1S/C24H34FN5O.HI/c1-6-26-24(27-16-18-9-12-20(13-10-18)23(31)29(4)5)28-17-19-11-14-22(21(25)15-19)30(7-2)8-3;/h9-15H,6-8,16-17H2,1-5H3,(H2,26,27,28);1H. The van der Waals surface area contributed by atoms with Gasteiger partial charge in [0.1, 0.15) is 5.82 Å². The zero-order valence-corrected chi connectivity index (χ0v) is 21.9. The summed E-state index contributed by atoms with van der Waals surface area (Å²) in [5.74, 6) is 0.416. The van der Waals surface area contributed by atoms with E-state index in [9.17, 15) is 9.18 Å². The molecule has 0 saturated heterocycles. The third kappa shape index (κ3) is 7.96. The molecule has 2 rings (SSSR count). The summed E-state index contributed by atoms with van der Waals surface area (Å²) >= 11 is 0. The summed E-state index contributed by atoms with van der Waals surface area (Å²) in [5.41, 5.74) is 3.14. The molecule has 0 unspecified atom stereocenters. The molecule has 0 aliphatic heterocycles. The number of nitrogens with zero attached hydrogens (tertiary/aromatic N) is 3. The molecule has 32 heavy (non-hydrogen) atoms. The van der Waals surface area contributed by atoms with Crippen LogP contribution < -0.4 is 15.5 Å². The van der Waals surface area contributed by atoms with Crippen molar-refractivity contribution in [3.8, 4) is 0 Å². The highest BCUT2D eigenvalue weighted by molar-refractivity contribution is 14.0. The largest absolute Gasteiger partial charge is 0.370 e. The van der Waals surface area contributed by atoms with Crippen molar-refractivity contribution in [3.05, 3.63) is 65.0 Å². The van der Waals surface area contributed by atoms with Crippen molar-refractivity contribution in [1.82, 2.24) is 15.5 Å². The number of anilines is 1. The Bertz CT molecular complexity index is 882. The molecule has 8 heteroatoms. The topological polar surface area (TPSA) is 60.0 Å². The van der Waals surface area contributed by atoms with Gasteiger partial charge in [0.05, 0.1) is 12.2 Å². The molecule has 6 nitrogen and oxygen atoms in total. The number of guanidine groups is 1. The van der Waals surface area contributed by atoms with Crippen LogP contribution in [-0.4, -0.2) is 50.5 Å². The van der Waals surface area contributed by atoms with E-state index in [2.05, 4.69) is 15.6 Å². The van der Waals surface area contributed by atoms with Gasteiger partial charge in [-0.1, -0.05) is 18.2 Å². The highest BCUT2D eigenvalue weighted by atomic mass is 127. The van der Waals surface area contributed by atoms with Crippen molar-refractivity contribution in [2.45, 2.75) is 33.9 Å². The number of amides is 1. The normalized spacial score (nSPS) is 10.9. The van der Waals surface area contributed by atoms with Gasteiger partial charge < -0.3 is 20.4 Å². The molecule has 0 aliphatic carbocycles. The summed E-state index contributed by atoms with van der Waals surface area (Å²) in [6, 6.07) is 12.8. The first-order valence-electron chi connectivity index (χ1n) is 10.8. The van der Waals surface area contributed by atoms with Crippen molar-refractivity contribution in [1.29, 1.82) is 0 Å². The lowest BCUT2D eigenvalue weighted by atomic mass is 10.1. The molecule has 1 amide bonds. The number of hydrogen-bond acceptors (Lipinski definition) is 3. The van der Waals surface area contributed by atoms with Gasteiger partial charge in [-0.25, -0.2) is 9.38 Å². The van der Waals surface area contributed by atoms with Crippen LogP contribution in [-0.2, 0) is 13.1 Å². The van der Waals surface area contributed by atoms with Gasteiger partial charge in [0, 0.05) is 45.8 Å². The van der Waals surface area contributed by atoms with Crippen LogP contribution in [0.2, 0.25) is 0 Å². The van der Waals surface area contributed by atoms with E-state index in [1.54, 1.807) is 25.1 Å². The monoisotopic (exact) mass is 555 g/mol. The van der Waals surface area contributed by atoms with Crippen LogP contribution >= 0.6 is 24.0 Å². The van der Waals surface area contributed by atoms with Crippen LogP contribution in [0.4, 0.5) is 10.1 Å². The highest BCUT2D eigenvalue weighted by Crippen LogP contribution is 2.20. The third-order valence-electron chi connectivity index (χ3n) is 4.95. The van der Waals surface area contributed by atoms with Crippen LogP contribution in [0.15, 0.2) is 47.5 Å². The molecule has 176 valence electrons. The van der Waals surface area contributed by atoms with Crippen LogP contribution in [0.5, 0.6) is 0 Å². The molecule has 2 N–H and O–H groups in total. The summed E-state index contributed by atoms with van der Waals surface area (Å²) in [4.78, 5) is 20.1. The molecule has 0 spiro atoms. The average molecular weight is 555 g/mol. The van der Waals surface area contributed by atoms with Gasteiger partial charge in [-0.2, -0.15) is 0 Å². The molecular formula is C24H35FIN5O. The van der Waals surface area contributed by atoms with Gasteiger partial charge >= 0.3 is 0 Å². The number of benzene rings is 2. The number of halogens is 2. The van der Waals surface area contributed by atoms with Crippen molar-refractivity contribution in [3.63, 3.8) is 0 Å². The maximum atomic E-state index is 14.5. The zero-order chi connectivity index (χ0) is 22.8. The Hall–Kier alpha value is -2.36. The van der Waals surface area contributed by atoms with Crippen LogP contribution in [0.3, 0.4) is 0 Å². The van der Waals surface area contributed by atoms with Gasteiger partial charge in [0.15, 0.2) is 5.96 Å².